The molecule has 0 bridgehead atoms. The fourth-order valence-electron chi connectivity index (χ4n) is 2.82. The van der Waals surface area contributed by atoms with Crippen molar-refractivity contribution < 1.29 is 19.1 Å². The molecular formula is C16H16FN3O3. The second-order valence-corrected chi connectivity index (χ2v) is 5.54. The zero-order chi connectivity index (χ0) is 16.4. The molecule has 0 radical (unpaired) electrons. The van der Waals surface area contributed by atoms with Crippen LogP contribution in [0.15, 0.2) is 30.5 Å². The van der Waals surface area contributed by atoms with Gasteiger partial charge in [-0.2, -0.15) is 5.10 Å². The predicted molar refractivity (Wildman–Crippen MR) is 80.2 cm³/mol. The van der Waals surface area contributed by atoms with Crippen molar-refractivity contribution in [1.82, 2.24) is 15.1 Å². The number of likely N-dealkylation sites (tertiary alicyclic amines) is 1. The summed E-state index contributed by atoms with van der Waals surface area (Å²) in [6, 6.07) is 6.16. The highest BCUT2D eigenvalue weighted by molar-refractivity contribution is 5.99. The van der Waals surface area contributed by atoms with Gasteiger partial charge in [-0.3, -0.25) is 14.7 Å². The van der Waals surface area contributed by atoms with E-state index >= 15 is 0 Å². The van der Waals surface area contributed by atoms with E-state index in [1.165, 1.54) is 12.3 Å². The van der Waals surface area contributed by atoms with Crippen LogP contribution >= 0.6 is 0 Å². The lowest BCUT2D eigenvalue weighted by atomic mass is 9.96. The number of aromatic amines is 1. The summed E-state index contributed by atoms with van der Waals surface area (Å²) in [6.07, 6.45) is 2.23. The van der Waals surface area contributed by atoms with Gasteiger partial charge in [-0.1, -0.05) is 12.1 Å². The van der Waals surface area contributed by atoms with E-state index < -0.39 is 17.7 Å². The molecule has 6 nitrogen and oxygen atoms in total. The van der Waals surface area contributed by atoms with Crippen molar-refractivity contribution in [2.45, 2.75) is 12.8 Å². The molecule has 23 heavy (non-hydrogen) atoms. The number of rotatable bonds is 3. The maximum Gasteiger partial charge on any atom is 0.306 e. The Morgan fingerprint density at radius 1 is 1.26 bits per heavy atom. The number of carbonyl (C=O) groups is 2. The van der Waals surface area contributed by atoms with Crippen molar-refractivity contribution in [2.24, 2.45) is 5.92 Å². The average molecular weight is 317 g/mol. The van der Waals surface area contributed by atoms with Gasteiger partial charge in [0.25, 0.3) is 5.91 Å². The lowest BCUT2D eigenvalue weighted by molar-refractivity contribution is -0.143. The number of carboxylic acids is 1. The standard InChI is InChI=1S/C16H16FN3O3/c17-13-4-2-1-3-11(13)14-12(9-18-19-14)15(21)20-7-5-10(6-8-20)16(22)23/h1-4,9-10H,5-8H2,(H,18,19)(H,22,23). The first-order chi connectivity index (χ1) is 11.1. The molecule has 0 unspecified atom stereocenters. The van der Waals surface area contributed by atoms with Crippen LogP contribution in [0.1, 0.15) is 23.2 Å². The highest BCUT2D eigenvalue weighted by Gasteiger charge is 2.29. The Morgan fingerprint density at radius 2 is 1.96 bits per heavy atom. The second-order valence-electron chi connectivity index (χ2n) is 5.54. The van der Waals surface area contributed by atoms with Crippen LogP contribution < -0.4 is 0 Å². The summed E-state index contributed by atoms with van der Waals surface area (Å²) in [6.45, 7) is 0.745. The van der Waals surface area contributed by atoms with E-state index in [0.29, 0.717) is 37.2 Å². The normalized spacial score (nSPS) is 15.6. The number of nitrogens with one attached hydrogen (secondary N) is 1. The van der Waals surface area contributed by atoms with Gasteiger partial charge >= 0.3 is 5.97 Å². The number of amides is 1. The smallest absolute Gasteiger partial charge is 0.306 e. The van der Waals surface area contributed by atoms with E-state index in [9.17, 15) is 14.0 Å². The minimum Gasteiger partial charge on any atom is -0.481 e. The minimum absolute atomic E-state index is 0.263. The van der Waals surface area contributed by atoms with Crippen LogP contribution in [0.5, 0.6) is 0 Å². The van der Waals surface area contributed by atoms with E-state index in [4.69, 9.17) is 5.11 Å². The van der Waals surface area contributed by atoms with Crippen LogP contribution in [0.4, 0.5) is 4.39 Å². The molecule has 120 valence electrons. The number of H-pyrrole nitrogens is 1. The monoisotopic (exact) mass is 317 g/mol. The number of hydrogen-bond acceptors (Lipinski definition) is 3. The topological polar surface area (TPSA) is 86.3 Å². The van der Waals surface area contributed by atoms with E-state index in [-0.39, 0.29) is 11.5 Å². The van der Waals surface area contributed by atoms with E-state index in [1.807, 2.05) is 0 Å². The fraction of sp³-hybridized carbons (Fsp3) is 0.312. The molecule has 1 fully saturated rings. The Bertz CT molecular complexity index is 736. The van der Waals surface area contributed by atoms with E-state index in [0.717, 1.165) is 0 Å². The SMILES string of the molecule is O=C(O)C1CCN(C(=O)c2cn[nH]c2-c2ccccc2F)CC1. The maximum atomic E-state index is 13.9. The Labute approximate surface area is 131 Å². The number of carbonyl (C=O) groups excluding carboxylic acids is 1. The molecule has 1 aromatic heterocycles. The Morgan fingerprint density at radius 3 is 2.61 bits per heavy atom. The summed E-state index contributed by atoms with van der Waals surface area (Å²) in [4.78, 5) is 25.2. The summed E-state index contributed by atoms with van der Waals surface area (Å²) in [5.41, 5.74) is 0.922. The number of carboxylic acid groups (broad SMARTS) is 1. The van der Waals surface area contributed by atoms with Gasteiger partial charge in [0.15, 0.2) is 0 Å². The van der Waals surface area contributed by atoms with Gasteiger partial charge in [-0.15, -0.1) is 0 Å². The van der Waals surface area contributed by atoms with Crippen LogP contribution in [0.25, 0.3) is 11.3 Å². The molecule has 0 saturated carbocycles. The molecule has 2 N–H and O–H groups in total. The highest BCUT2D eigenvalue weighted by Crippen LogP contribution is 2.26. The zero-order valence-electron chi connectivity index (χ0n) is 12.3. The van der Waals surface area contributed by atoms with Gasteiger partial charge < -0.3 is 10.0 Å². The molecule has 1 amide bonds. The van der Waals surface area contributed by atoms with Crippen LogP contribution in [0.3, 0.4) is 0 Å². The molecule has 1 aliphatic heterocycles. The Kier molecular flexibility index (Phi) is 4.10. The summed E-state index contributed by atoms with van der Waals surface area (Å²) in [7, 11) is 0. The first kappa shape index (κ1) is 15.2. The quantitative estimate of drug-likeness (QED) is 0.908. The Hall–Kier alpha value is -2.70. The predicted octanol–water partition coefficient (Wildman–Crippen LogP) is 2.15. The number of aromatic nitrogens is 2. The molecule has 1 saturated heterocycles. The highest BCUT2D eigenvalue weighted by atomic mass is 19.1. The van der Waals surface area contributed by atoms with E-state index in [1.54, 1.807) is 23.1 Å². The molecule has 3 rings (SSSR count). The summed E-state index contributed by atoms with van der Waals surface area (Å²) < 4.78 is 13.9. The molecule has 0 atom stereocenters. The van der Waals surface area contributed by atoms with Crippen LogP contribution in [0, 0.1) is 11.7 Å². The van der Waals surface area contributed by atoms with Crippen LogP contribution in [0.2, 0.25) is 0 Å². The van der Waals surface area contributed by atoms with Crippen molar-refractivity contribution >= 4 is 11.9 Å². The second kappa shape index (κ2) is 6.20. The number of hydrogen-bond donors (Lipinski definition) is 2. The van der Waals surface area contributed by atoms with Gasteiger partial charge in [-0.25, -0.2) is 4.39 Å². The maximum absolute atomic E-state index is 13.9. The van der Waals surface area contributed by atoms with Crippen LogP contribution in [-0.2, 0) is 4.79 Å². The lowest BCUT2D eigenvalue weighted by Crippen LogP contribution is -2.40. The van der Waals surface area contributed by atoms with Gasteiger partial charge in [0, 0.05) is 18.7 Å². The van der Waals surface area contributed by atoms with E-state index in [2.05, 4.69) is 10.2 Å². The number of halogens is 1. The zero-order valence-corrected chi connectivity index (χ0v) is 12.3. The van der Waals surface area contributed by atoms with Crippen molar-refractivity contribution in [2.75, 3.05) is 13.1 Å². The third-order valence-electron chi connectivity index (χ3n) is 4.14. The lowest BCUT2D eigenvalue weighted by Gasteiger charge is -2.30. The molecule has 7 heteroatoms. The number of piperidine rings is 1. The van der Waals surface area contributed by atoms with Gasteiger partial charge in [0.2, 0.25) is 0 Å². The number of aliphatic carboxylic acids is 1. The summed E-state index contributed by atoms with van der Waals surface area (Å²) >= 11 is 0. The van der Waals surface area contributed by atoms with Gasteiger partial charge in [-0.05, 0) is 25.0 Å². The van der Waals surface area contributed by atoms with Crippen molar-refractivity contribution in [3.05, 3.63) is 41.8 Å². The van der Waals surface area contributed by atoms with Crippen LogP contribution in [-0.4, -0.2) is 45.2 Å². The van der Waals surface area contributed by atoms with Crippen molar-refractivity contribution in [1.29, 1.82) is 0 Å². The fourth-order valence-corrected chi connectivity index (χ4v) is 2.82. The molecule has 2 aromatic rings. The summed E-state index contributed by atoms with van der Waals surface area (Å²) in [5, 5.41) is 15.6. The molecular weight excluding hydrogens is 301 g/mol. The van der Waals surface area contributed by atoms with Gasteiger partial charge in [0.05, 0.1) is 23.4 Å². The molecule has 0 spiro atoms. The number of nitrogens with zero attached hydrogens (tertiary/aromatic N) is 2. The van der Waals surface area contributed by atoms with Gasteiger partial charge in [0.1, 0.15) is 5.82 Å². The van der Waals surface area contributed by atoms with Crippen molar-refractivity contribution in [3.63, 3.8) is 0 Å². The number of benzene rings is 1. The summed E-state index contributed by atoms with van der Waals surface area (Å²) in [5.74, 6) is -1.93. The first-order valence-electron chi connectivity index (χ1n) is 7.38. The minimum atomic E-state index is -0.826. The van der Waals surface area contributed by atoms with Crippen molar-refractivity contribution in [3.8, 4) is 11.3 Å². The molecule has 2 heterocycles. The third-order valence-corrected chi connectivity index (χ3v) is 4.14. The Balaban J connectivity index is 1.81. The third kappa shape index (κ3) is 2.94. The molecule has 1 aromatic carbocycles. The molecule has 1 aliphatic rings. The molecule has 0 aliphatic carbocycles. The first-order valence-corrected chi connectivity index (χ1v) is 7.38. The average Bonchev–Trinajstić information content (AvgIpc) is 3.04. The largest absolute Gasteiger partial charge is 0.481 e.